The summed E-state index contributed by atoms with van der Waals surface area (Å²) >= 11 is 0. The van der Waals surface area contributed by atoms with Crippen molar-refractivity contribution in [3.05, 3.63) is 52.7 Å². The van der Waals surface area contributed by atoms with Crippen LogP contribution >= 0.6 is 0 Å². The topological polar surface area (TPSA) is 97.0 Å². The smallest absolute Gasteiger partial charge is 0.290 e. The number of aromatic nitrogens is 1. The maximum atomic E-state index is 12.9. The third kappa shape index (κ3) is 3.55. The van der Waals surface area contributed by atoms with Crippen molar-refractivity contribution in [2.24, 2.45) is 5.10 Å². The molecule has 1 N–H and O–H groups in total. The summed E-state index contributed by atoms with van der Waals surface area (Å²) in [6.45, 7) is 4.08. The Morgan fingerprint density at radius 1 is 1.25 bits per heavy atom. The van der Waals surface area contributed by atoms with Gasteiger partial charge in [0, 0.05) is 43.0 Å². The van der Waals surface area contributed by atoms with Gasteiger partial charge < -0.3 is 14.1 Å². The van der Waals surface area contributed by atoms with Crippen LogP contribution in [0.3, 0.4) is 0 Å². The number of carbonyl (C=O) groups excluding carboxylic acids is 2. The third-order valence-electron chi connectivity index (χ3n) is 5.03. The molecule has 8 heteroatoms. The van der Waals surface area contributed by atoms with Crippen LogP contribution in [0.25, 0.3) is 0 Å². The lowest BCUT2D eigenvalue weighted by Crippen LogP contribution is -2.40. The summed E-state index contributed by atoms with van der Waals surface area (Å²) in [5, 5.41) is 4.33. The fraction of sp³-hybridized carbons (Fsp3) is 0.400. The SMILES string of the molecule is Cc1c(C(=O)N2CCOCC2)oc2c1/C(=N/NC(=O)c1cccnc1)CCC2. The summed E-state index contributed by atoms with van der Waals surface area (Å²) in [5.74, 6) is 0.683. The van der Waals surface area contributed by atoms with E-state index < -0.39 is 0 Å². The van der Waals surface area contributed by atoms with Gasteiger partial charge >= 0.3 is 0 Å². The zero-order chi connectivity index (χ0) is 19.5. The Labute approximate surface area is 162 Å². The number of rotatable bonds is 3. The lowest BCUT2D eigenvalue weighted by molar-refractivity contribution is 0.0281. The van der Waals surface area contributed by atoms with E-state index in [1.54, 1.807) is 23.2 Å². The van der Waals surface area contributed by atoms with E-state index in [-0.39, 0.29) is 11.8 Å². The summed E-state index contributed by atoms with van der Waals surface area (Å²) in [7, 11) is 0. The number of nitrogens with one attached hydrogen (secondary N) is 1. The molecule has 3 heterocycles. The van der Waals surface area contributed by atoms with E-state index in [9.17, 15) is 9.59 Å². The molecule has 146 valence electrons. The van der Waals surface area contributed by atoms with Crippen LogP contribution in [0, 0.1) is 6.92 Å². The Kier molecular flexibility index (Phi) is 5.21. The van der Waals surface area contributed by atoms with Crippen molar-refractivity contribution in [2.45, 2.75) is 26.2 Å². The highest BCUT2D eigenvalue weighted by atomic mass is 16.5. The van der Waals surface area contributed by atoms with Gasteiger partial charge in [-0.25, -0.2) is 5.43 Å². The highest BCUT2D eigenvalue weighted by Gasteiger charge is 2.30. The first-order valence-electron chi connectivity index (χ1n) is 9.41. The molecule has 0 saturated carbocycles. The van der Waals surface area contributed by atoms with Crippen LogP contribution < -0.4 is 5.43 Å². The van der Waals surface area contributed by atoms with E-state index in [2.05, 4.69) is 15.5 Å². The van der Waals surface area contributed by atoms with Crippen molar-refractivity contribution in [1.29, 1.82) is 0 Å². The predicted octanol–water partition coefficient (Wildman–Crippen LogP) is 1.93. The number of amides is 2. The molecule has 2 aromatic heterocycles. The molecule has 0 atom stereocenters. The first kappa shape index (κ1) is 18.4. The van der Waals surface area contributed by atoms with E-state index in [1.165, 1.54) is 6.20 Å². The molecule has 0 aromatic carbocycles. The summed E-state index contributed by atoms with van der Waals surface area (Å²) in [4.78, 5) is 30.8. The number of ether oxygens (including phenoxy) is 1. The average molecular weight is 382 g/mol. The molecule has 1 saturated heterocycles. The van der Waals surface area contributed by atoms with Crippen LogP contribution in [0.2, 0.25) is 0 Å². The molecule has 0 unspecified atom stereocenters. The Morgan fingerprint density at radius 3 is 2.82 bits per heavy atom. The zero-order valence-corrected chi connectivity index (χ0v) is 15.7. The van der Waals surface area contributed by atoms with Gasteiger partial charge in [0.05, 0.1) is 24.5 Å². The molecule has 0 spiro atoms. The summed E-state index contributed by atoms with van der Waals surface area (Å²) in [6.07, 6.45) is 5.42. The van der Waals surface area contributed by atoms with Gasteiger partial charge in [-0.2, -0.15) is 5.10 Å². The maximum absolute atomic E-state index is 12.9. The minimum absolute atomic E-state index is 0.117. The standard InChI is InChI=1S/C20H22N4O4/c1-13-17-15(22-23-19(25)14-4-3-7-21-12-14)5-2-6-16(17)28-18(13)20(26)24-8-10-27-11-9-24/h3-4,7,12H,2,5-6,8-11H2,1H3,(H,23,25)/b22-15+. The Morgan fingerprint density at radius 2 is 2.07 bits per heavy atom. The molecular weight excluding hydrogens is 360 g/mol. The number of morpholine rings is 1. The molecule has 0 radical (unpaired) electrons. The van der Waals surface area contributed by atoms with E-state index >= 15 is 0 Å². The van der Waals surface area contributed by atoms with E-state index in [1.807, 2.05) is 6.92 Å². The number of hydrogen-bond acceptors (Lipinski definition) is 6. The van der Waals surface area contributed by atoms with E-state index in [4.69, 9.17) is 9.15 Å². The number of hydrazone groups is 1. The molecule has 1 aliphatic carbocycles. The van der Waals surface area contributed by atoms with Gasteiger partial charge in [0.1, 0.15) is 5.76 Å². The number of fused-ring (bicyclic) bond motifs is 1. The number of furan rings is 1. The fourth-order valence-electron chi connectivity index (χ4n) is 3.57. The molecule has 1 fully saturated rings. The monoisotopic (exact) mass is 382 g/mol. The van der Waals surface area contributed by atoms with Crippen LogP contribution in [0.15, 0.2) is 34.0 Å². The molecular formula is C20H22N4O4. The molecule has 2 aromatic rings. The fourth-order valence-corrected chi connectivity index (χ4v) is 3.57. The second-order valence-corrected chi connectivity index (χ2v) is 6.85. The van der Waals surface area contributed by atoms with Gasteiger partial charge in [-0.05, 0) is 31.9 Å². The van der Waals surface area contributed by atoms with Gasteiger partial charge in [-0.3, -0.25) is 14.6 Å². The van der Waals surface area contributed by atoms with Gasteiger partial charge in [0.2, 0.25) is 0 Å². The number of pyridine rings is 1. The van der Waals surface area contributed by atoms with Crippen molar-refractivity contribution >= 4 is 17.5 Å². The van der Waals surface area contributed by atoms with Crippen molar-refractivity contribution in [1.82, 2.24) is 15.3 Å². The van der Waals surface area contributed by atoms with E-state index in [0.29, 0.717) is 44.0 Å². The quantitative estimate of drug-likeness (QED) is 0.818. The van der Waals surface area contributed by atoms with Crippen molar-refractivity contribution in [3.63, 3.8) is 0 Å². The summed E-state index contributed by atoms with van der Waals surface area (Å²) < 4.78 is 11.3. The number of carbonyl (C=O) groups is 2. The summed E-state index contributed by atoms with van der Waals surface area (Å²) in [5.41, 5.74) is 5.39. The molecule has 8 nitrogen and oxygen atoms in total. The Bertz CT molecular complexity index is 914. The number of nitrogens with zero attached hydrogens (tertiary/aromatic N) is 3. The molecule has 1 aliphatic heterocycles. The molecule has 2 amide bonds. The molecule has 2 aliphatic rings. The first-order chi connectivity index (χ1) is 13.6. The Balaban J connectivity index is 1.58. The van der Waals surface area contributed by atoms with Crippen LogP contribution in [0.5, 0.6) is 0 Å². The second-order valence-electron chi connectivity index (χ2n) is 6.85. The predicted molar refractivity (Wildman–Crippen MR) is 101 cm³/mol. The van der Waals surface area contributed by atoms with Gasteiger partial charge in [-0.1, -0.05) is 0 Å². The molecule has 4 rings (SSSR count). The largest absolute Gasteiger partial charge is 0.455 e. The second kappa shape index (κ2) is 7.93. The highest BCUT2D eigenvalue weighted by Crippen LogP contribution is 2.30. The van der Waals surface area contributed by atoms with Crippen LogP contribution in [0.1, 0.15) is 50.6 Å². The average Bonchev–Trinajstić information content (AvgIpc) is 3.10. The van der Waals surface area contributed by atoms with E-state index in [0.717, 1.165) is 35.4 Å². The van der Waals surface area contributed by atoms with Crippen LogP contribution in [-0.2, 0) is 11.2 Å². The minimum Gasteiger partial charge on any atom is -0.455 e. The minimum atomic E-state index is -0.321. The Hall–Kier alpha value is -3.00. The van der Waals surface area contributed by atoms with Crippen LogP contribution in [0.4, 0.5) is 0 Å². The number of aryl methyl sites for hydroxylation is 1. The molecule has 28 heavy (non-hydrogen) atoms. The highest BCUT2D eigenvalue weighted by molar-refractivity contribution is 6.07. The first-order valence-corrected chi connectivity index (χ1v) is 9.41. The summed E-state index contributed by atoms with van der Waals surface area (Å²) in [6, 6.07) is 3.38. The lowest BCUT2D eigenvalue weighted by Gasteiger charge is -2.26. The van der Waals surface area contributed by atoms with Crippen molar-refractivity contribution in [2.75, 3.05) is 26.3 Å². The van der Waals surface area contributed by atoms with Crippen molar-refractivity contribution < 1.29 is 18.7 Å². The normalized spacial score (nSPS) is 18.0. The van der Waals surface area contributed by atoms with Crippen LogP contribution in [-0.4, -0.2) is 53.7 Å². The van der Waals surface area contributed by atoms with Crippen molar-refractivity contribution in [3.8, 4) is 0 Å². The zero-order valence-electron chi connectivity index (χ0n) is 15.7. The third-order valence-corrected chi connectivity index (χ3v) is 5.03. The van der Waals surface area contributed by atoms with Gasteiger partial charge in [0.15, 0.2) is 5.76 Å². The lowest BCUT2D eigenvalue weighted by atomic mass is 9.93. The van der Waals surface area contributed by atoms with Gasteiger partial charge in [-0.15, -0.1) is 0 Å². The van der Waals surface area contributed by atoms with Gasteiger partial charge in [0.25, 0.3) is 11.8 Å². The maximum Gasteiger partial charge on any atom is 0.290 e. The number of hydrogen-bond donors (Lipinski definition) is 1. The molecule has 0 bridgehead atoms.